The van der Waals surface area contributed by atoms with Crippen LogP contribution in [0.15, 0.2) is 36.7 Å². The fraction of sp³-hybridized carbons (Fsp3) is 0.368. The van der Waals surface area contributed by atoms with Crippen LogP contribution < -0.4 is 4.90 Å². The van der Waals surface area contributed by atoms with Crippen LogP contribution in [0.5, 0.6) is 0 Å². The van der Waals surface area contributed by atoms with Crippen LogP contribution in [0, 0.1) is 6.92 Å². The summed E-state index contributed by atoms with van der Waals surface area (Å²) in [6, 6.07) is 10.4. The molecule has 2 aromatic heterocycles. The molecule has 0 radical (unpaired) electrons. The lowest BCUT2D eigenvalue weighted by Gasteiger charge is -2.31. The van der Waals surface area contributed by atoms with E-state index in [1.54, 1.807) is 6.33 Å². The van der Waals surface area contributed by atoms with E-state index in [2.05, 4.69) is 57.1 Å². The maximum Gasteiger partial charge on any atom is 0.132 e. The third-order valence-electron chi connectivity index (χ3n) is 5.06. The Balaban J connectivity index is 1.56. The molecule has 1 saturated carbocycles. The zero-order valence-corrected chi connectivity index (χ0v) is 14.0. The minimum absolute atomic E-state index is 0.167. The van der Waals surface area contributed by atoms with Gasteiger partial charge < -0.3 is 15.0 Å². The van der Waals surface area contributed by atoms with Crippen LogP contribution in [0.1, 0.15) is 35.7 Å². The van der Waals surface area contributed by atoms with Crippen LogP contribution in [0.4, 0.5) is 5.82 Å². The number of para-hydroxylation sites is 1. The van der Waals surface area contributed by atoms with Crippen molar-refractivity contribution in [1.29, 1.82) is 0 Å². The van der Waals surface area contributed by atoms with E-state index in [1.807, 2.05) is 7.05 Å². The van der Waals surface area contributed by atoms with E-state index in [1.165, 1.54) is 22.2 Å². The lowest BCUT2D eigenvalue weighted by molar-refractivity contribution is 0.0732. The Morgan fingerprint density at radius 3 is 2.79 bits per heavy atom. The van der Waals surface area contributed by atoms with E-state index in [4.69, 9.17) is 0 Å². The van der Waals surface area contributed by atoms with Crippen LogP contribution in [-0.2, 0) is 6.54 Å². The highest BCUT2D eigenvalue weighted by Gasteiger charge is 2.30. The van der Waals surface area contributed by atoms with Gasteiger partial charge in [0.15, 0.2) is 0 Å². The van der Waals surface area contributed by atoms with Gasteiger partial charge in [-0.2, -0.15) is 0 Å². The number of H-pyrrole nitrogens is 1. The van der Waals surface area contributed by atoms with Gasteiger partial charge in [0.25, 0.3) is 0 Å². The molecule has 5 heteroatoms. The number of anilines is 1. The summed E-state index contributed by atoms with van der Waals surface area (Å²) in [6.45, 7) is 2.92. The number of aliphatic hydroxyl groups is 1. The summed E-state index contributed by atoms with van der Waals surface area (Å²) in [4.78, 5) is 14.4. The minimum Gasteiger partial charge on any atom is -0.393 e. The van der Waals surface area contributed by atoms with E-state index in [9.17, 15) is 5.11 Å². The molecule has 3 aromatic rings. The summed E-state index contributed by atoms with van der Waals surface area (Å²) in [5, 5.41) is 10.8. The van der Waals surface area contributed by atoms with E-state index < -0.39 is 0 Å². The monoisotopic (exact) mass is 322 g/mol. The van der Waals surface area contributed by atoms with Gasteiger partial charge in [-0.25, -0.2) is 9.97 Å². The summed E-state index contributed by atoms with van der Waals surface area (Å²) in [5.41, 5.74) is 4.70. The molecule has 1 fully saturated rings. The fourth-order valence-electron chi connectivity index (χ4n) is 3.44. The molecule has 0 unspecified atom stereocenters. The van der Waals surface area contributed by atoms with Crippen LogP contribution >= 0.6 is 0 Å². The molecule has 2 heterocycles. The largest absolute Gasteiger partial charge is 0.393 e. The highest BCUT2D eigenvalue weighted by atomic mass is 16.3. The second-order valence-corrected chi connectivity index (χ2v) is 6.75. The number of hydrogen-bond donors (Lipinski definition) is 2. The quantitative estimate of drug-likeness (QED) is 0.774. The number of aromatic nitrogens is 3. The van der Waals surface area contributed by atoms with Gasteiger partial charge in [-0.05, 0) is 31.4 Å². The number of aromatic amines is 1. The van der Waals surface area contributed by atoms with Gasteiger partial charge in [0.2, 0.25) is 0 Å². The molecule has 2 N–H and O–H groups in total. The second-order valence-electron chi connectivity index (χ2n) is 6.75. The van der Waals surface area contributed by atoms with Crippen molar-refractivity contribution >= 4 is 16.7 Å². The van der Waals surface area contributed by atoms with Crippen LogP contribution in [0.2, 0.25) is 0 Å². The number of hydrogen-bond acceptors (Lipinski definition) is 4. The van der Waals surface area contributed by atoms with Gasteiger partial charge in [-0.3, -0.25) is 0 Å². The van der Waals surface area contributed by atoms with E-state index in [-0.39, 0.29) is 6.10 Å². The third kappa shape index (κ3) is 2.65. The van der Waals surface area contributed by atoms with Crippen LogP contribution in [0.25, 0.3) is 10.9 Å². The number of aryl methyl sites for hydroxylation is 1. The van der Waals surface area contributed by atoms with Crippen molar-refractivity contribution in [2.75, 3.05) is 11.9 Å². The second kappa shape index (κ2) is 5.91. The molecule has 124 valence electrons. The Morgan fingerprint density at radius 1 is 1.25 bits per heavy atom. The number of fused-ring (bicyclic) bond motifs is 1. The predicted octanol–water partition coefficient (Wildman–Crippen LogP) is 3.14. The first-order valence-corrected chi connectivity index (χ1v) is 8.39. The van der Waals surface area contributed by atoms with E-state index >= 15 is 0 Å². The molecule has 24 heavy (non-hydrogen) atoms. The first kappa shape index (κ1) is 15.1. The van der Waals surface area contributed by atoms with E-state index in [0.717, 1.165) is 30.9 Å². The van der Waals surface area contributed by atoms with Gasteiger partial charge in [-0.1, -0.05) is 18.2 Å². The maximum atomic E-state index is 9.49. The van der Waals surface area contributed by atoms with Gasteiger partial charge in [0.05, 0.1) is 12.6 Å². The number of benzene rings is 1. The van der Waals surface area contributed by atoms with Gasteiger partial charge in [0.1, 0.15) is 12.1 Å². The van der Waals surface area contributed by atoms with Crippen molar-refractivity contribution in [3.8, 4) is 0 Å². The Kier molecular flexibility index (Phi) is 3.73. The SMILES string of the molecule is Cc1c(CN(C)c2cc(C3CC(O)C3)ncn2)[nH]c2ccccc12. The number of aliphatic hydroxyl groups excluding tert-OH is 1. The zero-order valence-electron chi connectivity index (χ0n) is 14.0. The fourth-order valence-corrected chi connectivity index (χ4v) is 3.44. The minimum atomic E-state index is -0.167. The molecule has 0 atom stereocenters. The van der Waals surface area contributed by atoms with Crippen molar-refractivity contribution < 1.29 is 5.11 Å². The van der Waals surface area contributed by atoms with Crippen molar-refractivity contribution in [2.24, 2.45) is 0 Å². The molecule has 0 aliphatic heterocycles. The Bertz CT molecular complexity index is 867. The number of nitrogens with one attached hydrogen (secondary N) is 1. The molecule has 0 amide bonds. The van der Waals surface area contributed by atoms with Crippen LogP contribution in [0.3, 0.4) is 0 Å². The standard InChI is InChI=1S/C19H22N4O/c1-12-15-5-3-4-6-16(15)22-18(12)10-23(2)19-9-17(20-11-21-19)13-7-14(24)8-13/h3-6,9,11,13-14,22,24H,7-8,10H2,1-2H3. The molecule has 1 aliphatic rings. The topological polar surface area (TPSA) is 65.0 Å². The zero-order chi connectivity index (χ0) is 16.7. The molecular formula is C19H22N4O. The molecule has 0 spiro atoms. The average molecular weight is 322 g/mol. The van der Waals surface area contributed by atoms with Crippen molar-refractivity contribution in [3.63, 3.8) is 0 Å². The molecule has 4 rings (SSSR count). The van der Waals surface area contributed by atoms with Gasteiger partial charge in [-0.15, -0.1) is 0 Å². The summed E-state index contributed by atoms with van der Waals surface area (Å²) >= 11 is 0. The summed E-state index contributed by atoms with van der Waals surface area (Å²) < 4.78 is 0. The Morgan fingerprint density at radius 2 is 2.04 bits per heavy atom. The predicted molar refractivity (Wildman–Crippen MR) is 95.2 cm³/mol. The lowest BCUT2D eigenvalue weighted by Crippen LogP contribution is -2.27. The maximum absolute atomic E-state index is 9.49. The van der Waals surface area contributed by atoms with Crippen molar-refractivity contribution in [3.05, 3.63) is 53.6 Å². The molecule has 1 aliphatic carbocycles. The highest BCUT2D eigenvalue weighted by molar-refractivity contribution is 5.84. The first-order chi connectivity index (χ1) is 11.6. The van der Waals surface area contributed by atoms with E-state index in [0.29, 0.717) is 5.92 Å². The third-order valence-corrected chi connectivity index (χ3v) is 5.06. The Labute approximate surface area is 141 Å². The van der Waals surface area contributed by atoms with Gasteiger partial charge in [0, 0.05) is 41.3 Å². The van der Waals surface area contributed by atoms with Crippen molar-refractivity contribution in [2.45, 2.75) is 38.3 Å². The summed E-state index contributed by atoms with van der Waals surface area (Å²) in [7, 11) is 2.05. The Hall–Kier alpha value is -2.40. The number of rotatable bonds is 4. The summed E-state index contributed by atoms with van der Waals surface area (Å²) in [6.07, 6.45) is 3.08. The average Bonchev–Trinajstić information content (AvgIpc) is 2.88. The molecule has 0 bridgehead atoms. The number of nitrogens with zero attached hydrogens (tertiary/aromatic N) is 3. The molecule has 5 nitrogen and oxygen atoms in total. The molecule has 1 aromatic carbocycles. The highest BCUT2D eigenvalue weighted by Crippen LogP contribution is 2.36. The normalized spacial score (nSPS) is 20.1. The molecule has 0 saturated heterocycles. The van der Waals surface area contributed by atoms with Crippen molar-refractivity contribution in [1.82, 2.24) is 15.0 Å². The van der Waals surface area contributed by atoms with Gasteiger partial charge >= 0.3 is 0 Å². The first-order valence-electron chi connectivity index (χ1n) is 8.39. The van der Waals surface area contributed by atoms with Crippen LogP contribution in [-0.4, -0.2) is 33.2 Å². The lowest BCUT2D eigenvalue weighted by atomic mass is 9.80. The molecular weight excluding hydrogens is 300 g/mol. The smallest absolute Gasteiger partial charge is 0.132 e. The summed E-state index contributed by atoms with van der Waals surface area (Å²) in [5.74, 6) is 1.28.